The molecule has 1 saturated heterocycles. The summed E-state index contributed by atoms with van der Waals surface area (Å²) in [6, 6.07) is 7.59. The van der Waals surface area contributed by atoms with Gasteiger partial charge in [0.25, 0.3) is 5.91 Å². The molecule has 0 saturated carbocycles. The molecule has 0 atom stereocenters. The Labute approximate surface area is 145 Å². The molecule has 2 N–H and O–H groups in total. The molecule has 23 heavy (non-hydrogen) atoms. The van der Waals surface area contributed by atoms with E-state index >= 15 is 0 Å². The number of ether oxygens (including phenoxy) is 1. The van der Waals surface area contributed by atoms with E-state index in [4.69, 9.17) is 10.5 Å². The second-order valence-corrected chi connectivity index (χ2v) is 6.45. The fourth-order valence-corrected chi connectivity index (χ4v) is 2.66. The third kappa shape index (κ3) is 6.13. The molecule has 0 aliphatic carbocycles. The first-order valence-electron chi connectivity index (χ1n) is 8.30. The van der Waals surface area contributed by atoms with E-state index in [9.17, 15) is 4.79 Å². The summed E-state index contributed by atoms with van der Waals surface area (Å²) in [6.07, 6.45) is 3.28. The van der Waals surface area contributed by atoms with Gasteiger partial charge in [-0.1, -0.05) is 26.0 Å². The number of nitrogens with two attached hydrogens (primary N) is 1. The molecule has 0 radical (unpaired) electrons. The van der Waals surface area contributed by atoms with Crippen molar-refractivity contribution in [3.8, 4) is 0 Å². The lowest BCUT2D eigenvalue weighted by Crippen LogP contribution is -2.41. The average Bonchev–Trinajstić information content (AvgIpc) is 2.54. The number of amides is 1. The minimum atomic E-state index is 0. The van der Waals surface area contributed by atoms with E-state index in [1.807, 2.05) is 29.2 Å². The first-order chi connectivity index (χ1) is 10.6. The van der Waals surface area contributed by atoms with Crippen molar-refractivity contribution >= 4 is 18.3 Å². The smallest absolute Gasteiger partial charge is 0.253 e. The maximum absolute atomic E-state index is 12.5. The van der Waals surface area contributed by atoms with E-state index in [1.54, 1.807) is 0 Å². The van der Waals surface area contributed by atoms with E-state index in [2.05, 4.69) is 13.8 Å². The quantitative estimate of drug-likeness (QED) is 0.865. The first kappa shape index (κ1) is 19.9. The van der Waals surface area contributed by atoms with Crippen LogP contribution in [0.3, 0.4) is 0 Å². The van der Waals surface area contributed by atoms with Crippen LogP contribution in [0, 0.1) is 5.92 Å². The number of hydrogen-bond acceptors (Lipinski definition) is 3. The standard InChI is InChI=1S/C18H28N2O2.ClH/c1-14(2)9-12-22-17-7-10-20(11-8-17)18(21)16-5-3-15(13-19)4-6-16;/h3-6,14,17H,7-13,19H2,1-2H3;1H. The predicted molar refractivity (Wildman–Crippen MR) is 95.9 cm³/mol. The normalized spacial score (nSPS) is 15.6. The van der Waals surface area contributed by atoms with Crippen LogP contribution in [0.2, 0.25) is 0 Å². The third-order valence-electron chi connectivity index (χ3n) is 4.21. The van der Waals surface area contributed by atoms with Crippen LogP contribution in [-0.4, -0.2) is 36.6 Å². The molecule has 1 heterocycles. The average molecular weight is 341 g/mol. The van der Waals surface area contributed by atoms with Gasteiger partial charge in [-0.2, -0.15) is 0 Å². The zero-order valence-electron chi connectivity index (χ0n) is 14.2. The zero-order valence-corrected chi connectivity index (χ0v) is 15.0. The van der Waals surface area contributed by atoms with Gasteiger partial charge in [-0.15, -0.1) is 12.4 Å². The summed E-state index contributed by atoms with van der Waals surface area (Å²) < 4.78 is 5.91. The lowest BCUT2D eigenvalue weighted by Gasteiger charge is -2.32. The van der Waals surface area contributed by atoms with Crippen LogP contribution in [0.1, 0.15) is 49.0 Å². The van der Waals surface area contributed by atoms with Crippen LogP contribution in [0.4, 0.5) is 0 Å². The maximum Gasteiger partial charge on any atom is 0.253 e. The van der Waals surface area contributed by atoms with Gasteiger partial charge in [0.15, 0.2) is 0 Å². The molecule has 2 rings (SSSR count). The van der Waals surface area contributed by atoms with Crippen molar-refractivity contribution in [3.05, 3.63) is 35.4 Å². The van der Waals surface area contributed by atoms with Crippen molar-refractivity contribution < 1.29 is 9.53 Å². The van der Waals surface area contributed by atoms with Gasteiger partial charge in [-0.05, 0) is 42.9 Å². The van der Waals surface area contributed by atoms with Gasteiger partial charge in [-0.3, -0.25) is 4.79 Å². The van der Waals surface area contributed by atoms with E-state index in [0.29, 0.717) is 18.6 Å². The number of carbonyl (C=O) groups is 1. The van der Waals surface area contributed by atoms with Gasteiger partial charge < -0.3 is 15.4 Å². The highest BCUT2D eigenvalue weighted by Crippen LogP contribution is 2.17. The molecule has 0 unspecified atom stereocenters. The number of carbonyl (C=O) groups excluding carboxylic acids is 1. The number of nitrogens with zero attached hydrogens (tertiary/aromatic N) is 1. The summed E-state index contributed by atoms with van der Waals surface area (Å²) in [7, 11) is 0. The highest BCUT2D eigenvalue weighted by atomic mass is 35.5. The van der Waals surface area contributed by atoms with E-state index in [0.717, 1.165) is 50.1 Å². The Bertz CT molecular complexity index is 468. The maximum atomic E-state index is 12.5. The fraction of sp³-hybridized carbons (Fsp3) is 0.611. The number of halogens is 1. The third-order valence-corrected chi connectivity index (χ3v) is 4.21. The number of hydrogen-bond donors (Lipinski definition) is 1. The molecule has 1 aromatic rings. The van der Waals surface area contributed by atoms with Crippen LogP contribution < -0.4 is 5.73 Å². The lowest BCUT2D eigenvalue weighted by atomic mass is 10.1. The molecular weight excluding hydrogens is 312 g/mol. The van der Waals surface area contributed by atoms with Crippen LogP contribution in [0.15, 0.2) is 24.3 Å². The van der Waals surface area contributed by atoms with E-state index < -0.39 is 0 Å². The SMILES string of the molecule is CC(C)CCOC1CCN(C(=O)c2ccc(CN)cc2)CC1.Cl. The molecule has 130 valence electrons. The zero-order chi connectivity index (χ0) is 15.9. The number of benzene rings is 1. The Morgan fingerprint density at radius 1 is 1.26 bits per heavy atom. The summed E-state index contributed by atoms with van der Waals surface area (Å²) >= 11 is 0. The lowest BCUT2D eigenvalue weighted by molar-refractivity contribution is 0.00484. The second kappa shape index (κ2) is 9.91. The summed E-state index contributed by atoms with van der Waals surface area (Å²) in [6.45, 7) is 7.32. The van der Waals surface area contributed by atoms with E-state index in [1.165, 1.54) is 0 Å². The van der Waals surface area contributed by atoms with Crippen molar-refractivity contribution in [1.82, 2.24) is 4.90 Å². The first-order valence-corrected chi connectivity index (χ1v) is 8.30. The molecule has 0 spiro atoms. The largest absolute Gasteiger partial charge is 0.378 e. The van der Waals surface area contributed by atoms with Gasteiger partial charge in [0, 0.05) is 31.8 Å². The highest BCUT2D eigenvalue weighted by molar-refractivity contribution is 5.94. The van der Waals surface area contributed by atoms with Crippen LogP contribution >= 0.6 is 12.4 Å². The molecule has 1 amide bonds. The van der Waals surface area contributed by atoms with Crippen LogP contribution in [0.5, 0.6) is 0 Å². The fourth-order valence-electron chi connectivity index (χ4n) is 2.66. The van der Waals surface area contributed by atoms with E-state index in [-0.39, 0.29) is 18.3 Å². The highest BCUT2D eigenvalue weighted by Gasteiger charge is 2.23. The molecule has 0 bridgehead atoms. The summed E-state index contributed by atoms with van der Waals surface area (Å²) in [4.78, 5) is 14.4. The Kier molecular flexibility index (Phi) is 8.59. The predicted octanol–water partition coefficient (Wildman–Crippen LogP) is 3.23. The van der Waals surface area contributed by atoms with Crippen molar-refractivity contribution in [3.63, 3.8) is 0 Å². The Morgan fingerprint density at radius 3 is 2.39 bits per heavy atom. The monoisotopic (exact) mass is 340 g/mol. The topological polar surface area (TPSA) is 55.6 Å². The number of piperidine rings is 1. The van der Waals surface area contributed by atoms with Gasteiger partial charge in [-0.25, -0.2) is 0 Å². The minimum absolute atomic E-state index is 0. The molecule has 1 aromatic carbocycles. The van der Waals surface area contributed by atoms with Crippen molar-refractivity contribution in [2.24, 2.45) is 11.7 Å². The van der Waals surface area contributed by atoms with Crippen LogP contribution in [0.25, 0.3) is 0 Å². The summed E-state index contributed by atoms with van der Waals surface area (Å²) in [5.41, 5.74) is 7.38. The summed E-state index contributed by atoms with van der Waals surface area (Å²) in [5.74, 6) is 0.794. The minimum Gasteiger partial charge on any atom is -0.378 e. The molecule has 4 nitrogen and oxygen atoms in total. The van der Waals surface area contributed by atoms with Crippen molar-refractivity contribution in [1.29, 1.82) is 0 Å². The molecule has 1 fully saturated rings. The van der Waals surface area contributed by atoms with Gasteiger partial charge >= 0.3 is 0 Å². The Morgan fingerprint density at radius 2 is 1.87 bits per heavy atom. The molecule has 5 heteroatoms. The number of rotatable bonds is 6. The Balaban J connectivity index is 0.00000264. The van der Waals surface area contributed by atoms with Gasteiger partial charge in [0.1, 0.15) is 0 Å². The molecule has 1 aliphatic heterocycles. The van der Waals surface area contributed by atoms with Crippen molar-refractivity contribution in [2.75, 3.05) is 19.7 Å². The summed E-state index contributed by atoms with van der Waals surface area (Å²) in [5, 5.41) is 0. The van der Waals surface area contributed by atoms with Gasteiger partial charge in [0.05, 0.1) is 6.10 Å². The molecule has 1 aliphatic rings. The van der Waals surface area contributed by atoms with Gasteiger partial charge in [0.2, 0.25) is 0 Å². The Hall–Kier alpha value is -1.10. The van der Waals surface area contributed by atoms with Crippen molar-refractivity contribution in [2.45, 2.75) is 45.8 Å². The van der Waals surface area contributed by atoms with Crippen LogP contribution in [-0.2, 0) is 11.3 Å². The molecular formula is C18H29ClN2O2. The number of likely N-dealkylation sites (tertiary alicyclic amines) is 1. The second-order valence-electron chi connectivity index (χ2n) is 6.45. The molecule has 0 aromatic heterocycles.